The van der Waals surface area contributed by atoms with Crippen LogP contribution in [0.1, 0.15) is 26.2 Å². The molecule has 0 aliphatic heterocycles. The lowest BCUT2D eigenvalue weighted by atomic mass is 10.0. The normalized spacial score (nSPS) is 12.1. The van der Waals surface area contributed by atoms with Gasteiger partial charge in [-0.2, -0.15) is 0 Å². The molecule has 0 fully saturated rings. The van der Waals surface area contributed by atoms with Crippen LogP contribution in [0.2, 0.25) is 0 Å². The fourth-order valence-corrected chi connectivity index (χ4v) is 1.15. The average Bonchev–Trinajstić information content (AvgIpc) is 1.99. The molecule has 0 aromatic carbocycles. The zero-order chi connectivity index (χ0) is 10.3. The van der Waals surface area contributed by atoms with E-state index < -0.39 is 5.97 Å². The zero-order valence-corrected chi connectivity index (χ0v) is 7.86. The molecule has 5 heteroatoms. The number of carboxylic acid groups (broad SMARTS) is 1. The summed E-state index contributed by atoms with van der Waals surface area (Å²) in [6.45, 7) is 2.41. The number of nitrogens with zero attached hydrogens (tertiary/aromatic N) is 1. The lowest BCUT2D eigenvalue weighted by Crippen LogP contribution is -2.24. The predicted octanol–water partition coefficient (Wildman–Crippen LogP) is 0.151. The smallest absolute Gasteiger partial charge is 0.303 e. The van der Waals surface area contributed by atoms with E-state index in [9.17, 15) is 4.79 Å². The van der Waals surface area contributed by atoms with Gasteiger partial charge in [-0.3, -0.25) is 9.79 Å². The minimum Gasteiger partial charge on any atom is -0.481 e. The summed E-state index contributed by atoms with van der Waals surface area (Å²) in [7, 11) is 0. The number of aliphatic imine (C=N–C) groups is 1. The van der Waals surface area contributed by atoms with Crippen LogP contribution < -0.4 is 11.5 Å². The van der Waals surface area contributed by atoms with Gasteiger partial charge in [0, 0.05) is 13.0 Å². The first-order valence-electron chi connectivity index (χ1n) is 4.33. The molecule has 0 spiro atoms. The van der Waals surface area contributed by atoms with Crippen molar-refractivity contribution in [1.29, 1.82) is 0 Å². The Bertz CT molecular complexity index is 188. The van der Waals surface area contributed by atoms with E-state index in [4.69, 9.17) is 16.6 Å². The van der Waals surface area contributed by atoms with Gasteiger partial charge in [0.05, 0.1) is 0 Å². The number of carboxylic acids is 1. The van der Waals surface area contributed by atoms with Crippen molar-refractivity contribution in [2.45, 2.75) is 26.2 Å². The molecule has 76 valence electrons. The summed E-state index contributed by atoms with van der Waals surface area (Å²) in [5.41, 5.74) is 10.3. The summed E-state index contributed by atoms with van der Waals surface area (Å²) >= 11 is 0. The van der Waals surface area contributed by atoms with Gasteiger partial charge in [-0.25, -0.2) is 0 Å². The number of guanidine groups is 1. The van der Waals surface area contributed by atoms with Crippen molar-refractivity contribution >= 4 is 11.9 Å². The van der Waals surface area contributed by atoms with Gasteiger partial charge in [-0.05, 0) is 12.3 Å². The van der Waals surface area contributed by atoms with Crippen LogP contribution in [-0.4, -0.2) is 23.6 Å². The maximum absolute atomic E-state index is 10.4. The summed E-state index contributed by atoms with van der Waals surface area (Å²) in [6.07, 6.45) is 1.91. The standard InChI is InChI=1S/C8H17N3O2/c1-2-3-6(4-7(12)13)5-11-8(9)10/h6H,2-5H2,1H3,(H,12,13)(H4,9,10,11). The Kier molecular flexibility index (Phi) is 5.67. The monoisotopic (exact) mass is 187 g/mol. The number of rotatable bonds is 6. The maximum Gasteiger partial charge on any atom is 0.303 e. The number of aliphatic carboxylic acids is 1. The first-order chi connectivity index (χ1) is 6.06. The highest BCUT2D eigenvalue weighted by Gasteiger charge is 2.11. The van der Waals surface area contributed by atoms with Crippen LogP contribution in [0.25, 0.3) is 0 Å². The Morgan fingerprint density at radius 1 is 1.54 bits per heavy atom. The quantitative estimate of drug-likeness (QED) is 0.407. The second-order valence-corrected chi connectivity index (χ2v) is 3.02. The number of hydrogen-bond acceptors (Lipinski definition) is 2. The molecule has 0 rings (SSSR count). The van der Waals surface area contributed by atoms with E-state index in [2.05, 4.69) is 4.99 Å². The first-order valence-corrected chi connectivity index (χ1v) is 4.33. The minimum atomic E-state index is -0.802. The highest BCUT2D eigenvalue weighted by atomic mass is 16.4. The first kappa shape index (κ1) is 11.7. The van der Waals surface area contributed by atoms with Crippen molar-refractivity contribution < 1.29 is 9.90 Å². The van der Waals surface area contributed by atoms with Gasteiger partial charge in [0.15, 0.2) is 5.96 Å². The van der Waals surface area contributed by atoms with E-state index in [1.165, 1.54) is 0 Å². The van der Waals surface area contributed by atoms with Crippen molar-refractivity contribution in [3.05, 3.63) is 0 Å². The fraction of sp³-hybridized carbons (Fsp3) is 0.750. The molecule has 0 saturated carbocycles. The maximum atomic E-state index is 10.4. The highest BCUT2D eigenvalue weighted by Crippen LogP contribution is 2.11. The molecule has 0 aromatic heterocycles. The fourth-order valence-electron chi connectivity index (χ4n) is 1.15. The number of carbonyl (C=O) groups is 1. The van der Waals surface area contributed by atoms with Crippen LogP contribution in [0.3, 0.4) is 0 Å². The van der Waals surface area contributed by atoms with Gasteiger partial charge < -0.3 is 16.6 Å². The lowest BCUT2D eigenvalue weighted by Gasteiger charge is -2.10. The molecule has 5 N–H and O–H groups in total. The van der Waals surface area contributed by atoms with Gasteiger partial charge in [-0.15, -0.1) is 0 Å². The molecule has 0 heterocycles. The Morgan fingerprint density at radius 2 is 2.15 bits per heavy atom. The van der Waals surface area contributed by atoms with E-state index in [1.807, 2.05) is 6.92 Å². The largest absolute Gasteiger partial charge is 0.481 e. The molecule has 0 radical (unpaired) electrons. The Hall–Kier alpha value is -1.26. The molecule has 0 amide bonds. The molecule has 1 unspecified atom stereocenters. The van der Waals surface area contributed by atoms with E-state index >= 15 is 0 Å². The minimum absolute atomic E-state index is 0.0199. The van der Waals surface area contributed by atoms with E-state index in [-0.39, 0.29) is 18.3 Å². The number of nitrogens with two attached hydrogens (primary N) is 2. The van der Waals surface area contributed by atoms with Gasteiger partial charge in [0.2, 0.25) is 0 Å². The molecule has 0 saturated heterocycles. The predicted molar refractivity (Wildman–Crippen MR) is 51.3 cm³/mol. The summed E-state index contributed by atoms with van der Waals surface area (Å²) in [5, 5.41) is 8.56. The highest BCUT2D eigenvalue weighted by molar-refractivity contribution is 5.75. The third-order valence-electron chi connectivity index (χ3n) is 1.69. The van der Waals surface area contributed by atoms with Gasteiger partial charge >= 0.3 is 5.97 Å². The second kappa shape index (κ2) is 6.28. The molecule has 0 aliphatic carbocycles. The summed E-state index contributed by atoms with van der Waals surface area (Å²) < 4.78 is 0. The van der Waals surface area contributed by atoms with Crippen molar-refractivity contribution in [2.24, 2.45) is 22.4 Å². The summed E-state index contributed by atoms with van der Waals surface area (Å²) in [4.78, 5) is 14.2. The Labute approximate surface area is 77.8 Å². The summed E-state index contributed by atoms with van der Waals surface area (Å²) in [6, 6.07) is 0. The van der Waals surface area contributed by atoms with E-state index in [1.54, 1.807) is 0 Å². The van der Waals surface area contributed by atoms with Crippen LogP contribution >= 0.6 is 0 Å². The van der Waals surface area contributed by atoms with Gasteiger partial charge in [-0.1, -0.05) is 13.3 Å². The Balaban J connectivity index is 3.94. The van der Waals surface area contributed by atoms with Crippen LogP contribution in [0.4, 0.5) is 0 Å². The van der Waals surface area contributed by atoms with Crippen LogP contribution in [-0.2, 0) is 4.79 Å². The van der Waals surface area contributed by atoms with Gasteiger partial charge in [0.25, 0.3) is 0 Å². The topological polar surface area (TPSA) is 102 Å². The molecule has 0 aliphatic rings. The zero-order valence-electron chi connectivity index (χ0n) is 7.86. The van der Waals surface area contributed by atoms with Crippen molar-refractivity contribution in [1.82, 2.24) is 0 Å². The van der Waals surface area contributed by atoms with E-state index in [0.717, 1.165) is 12.8 Å². The van der Waals surface area contributed by atoms with Crippen molar-refractivity contribution in [3.8, 4) is 0 Å². The van der Waals surface area contributed by atoms with E-state index in [0.29, 0.717) is 6.54 Å². The molecule has 13 heavy (non-hydrogen) atoms. The van der Waals surface area contributed by atoms with Crippen LogP contribution in [0.5, 0.6) is 0 Å². The lowest BCUT2D eigenvalue weighted by molar-refractivity contribution is -0.138. The molecule has 0 bridgehead atoms. The molecule has 5 nitrogen and oxygen atoms in total. The SMILES string of the molecule is CCCC(CN=C(N)N)CC(=O)O. The Morgan fingerprint density at radius 3 is 2.54 bits per heavy atom. The molecule has 1 atom stereocenters. The molecule has 0 aromatic rings. The summed E-state index contributed by atoms with van der Waals surface area (Å²) in [5.74, 6) is -0.736. The average molecular weight is 187 g/mol. The van der Waals surface area contributed by atoms with Crippen molar-refractivity contribution in [3.63, 3.8) is 0 Å². The number of hydrogen-bond donors (Lipinski definition) is 3. The second-order valence-electron chi connectivity index (χ2n) is 3.02. The van der Waals surface area contributed by atoms with Crippen LogP contribution in [0.15, 0.2) is 4.99 Å². The third kappa shape index (κ3) is 7.11. The van der Waals surface area contributed by atoms with Crippen LogP contribution in [0, 0.1) is 5.92 Å². The molecular weight excluding hydrogens is 170 g/mol. The van der Waals surface area contributed by atoms with Crippen molar-refractivity contribution in [2.75, 3.05) is 6.54 Å². The molecular formula is C8H17N3O2. The van der Waals surface area contributed by atoms with Gasteiger partial charge in [0.1, 0.15) is 0 Å². The third-order valence-corrected chi connectivity index (χ3v) is 1.69.